The monoisotopic (exact) mass is 251 g/mol. The third-order valence-corrected chi connectivity index (χ3v) is 3.89. The van der Waals surface area contributed by atoms with Crippen molar-refractivity contribution in [2.75, 3.05) is 0 Å². The second kappa shape index (κ2) is 4.15. The molecule has 2 heterocycles. The lowest BCUT2D eigenvalue weighted by atomic mass is 9.78. The van der Waals surface area contributed by atoms with Crippen LogP contribution in [-0.4, -0.2) is 37.3 Å². The third-order valence-electron chi connectivity index (χ3n) is 3.89. The van der Waals surface area contributed by atoms with Gasteiger partial charge in [-0.05, 0) is 19.8 Å². The van der Waals surface area contributed by atoms with Gasteiger partial charge in [-0.1, -0.05) is 19.1 Å². The molecule has 7 heteroatoms. The van der Waals surface area contributed by atoms with Gasteiger partial charge in [0, 0.05) is 6.42 Å². The summed E-state index contributed by atoms with van der Waals surface area (Å²) in [5, 5.41) is 13.4. The van der Waals surface area contributed by atoms with Gasteiger partial charge >= 0.3 is 0 Å². The van der Waals surface area contributed by atoms with Crippen LogP contribution in [0.25, 0.3) is 0 Å². The molecule has 1 aliphatic rings. The molecule has 7 nitrogen and oxygen atoms in total. The van der Waals surface area contributed by atoms with Gasteiger partial charge < -0.3 is 0 Å². The number of aromatic nitrogens is 4. The minimum absolute atomic E-state index is 0.108. The highest BCUT2D eigenvalue weighted by molar-refractivity contribution is 6.06. The summed E-state index contributed by atoms with van der Waals surface area (Å²) in [6.45, 7) is 7.47. The molecule has 1 saturated heterocycles. The zero-order valence-electron chi connectivity index (χ0n) is 11.0. The molecule has 2 unspecified atom stereocenters. The molecule has 0 saturated carbocycles. The van der Waals surface area contributed by atoms with Gasteiger partial charge in [-0.3, -0.25) is 14.5 Å². The van der Waals surface area contributed by atoms with Gasteiger partial charge in [-0.2, -0.15) is 5.21 Å². The van der Waals surface area contributed by atoms with Crippen molar-refractivity contribution < 1.29 is 9.59 Å². The first kappa shape index (κ1) is 12.7. The van der Waals surface area contributed by atoms with Crippen LogP contribution in [0, 0.1) is 11.3 Å². The summed E-state index contributed by atoms with van der Waals surface area (Å²) in [6.07, 6.45) is 0.242. The van der Waals surface area contributed by atoms with Crippen molar-refractivity contribution in [3.8, 4) is 0 Å². The van der Waals surface area contributed by atoms with Crippen LogP contribution in [0.2, 0.25) is 0 Å². The highest BCUT2D eigenvalue weighted by Crippen LogP contribution is 2.41. The summed E-state index contributed by atoms with van der Waals surface area (Å²) in [6, 6.07) is -0.482. The number of nitrogens with zero attached hydrogens (tertiary/aromatic N) is 4. The SMILES string of the molecule is CC(c1nn[nH]n1)N1C(=O)CC(C)(C(C)C)C1=O. The van der Waals surface area contributed by atoms with Crippen molar-refractivity contribution in [3.63, 3.8) is 0 Å². The standard InChI is InChI=1S/C11H17N5O2/c1-6(2)11(4)5-8(17)16(10(11)18)7(3)9-12-14-15-13-9/h6-7H,5H2,1-4H3,(H,12,13,14,15). The second-order valence-corrected chi connectivity index (χ2v) is 5.26. The summed E-state index contributed by atoms with van der Waals surface area (Å²) >= 11 is 0. The zero-order chi connectivity index (χ0) is 13.5. The van der Waals surface area contributed by atoms with E-state index in [-0.39, 0.29) is 24.2 Å². The molecule has 1 aliphatic heterocycles. The number of rotatable bonds is 3. The van der Waals surface area contributed by atoms with E-state index in [0.717, 1.165) is 0 Å². The van der Waals surface area contributed by atoms with Crippen LogP contribution in [0.3, 0.4) is 0 Å². The Morgan fingerprint density at radius 3 is 2.44 bits per heavy atom. The quantitative estimate of drug-likeness (QED) is 0.797. The van der Waals surface area contributed by atoms with E-state index in [1.54, 1.807) is 6.92 Å². The highest BCUT2D eigenvalue weighted by Gasteiger charge is 2.52. The summed E-state index contributed by atoms with van der Waals surface area (Å²) in [4.78, 5) is 25.7. The fourth-order valence-electron chi connectivity index (χ4n) is 2.17. The number of tetrazole rings is 1. The predicted molar refractivity (Wildman–Crippen MR) is 62.0 cm³/mol. The van der Waals surface area contributed by atoms with Crippen molar-refractivity contribution in [2.24, 2.45) is 11.3 Å². The average Bonchev–Trinajstić information content (AvgIpc) is 2.87. The highest BCUT2D eigenvalue weighted by atomic mass is 16.2. The van der Waals surface area contributed by atoms with Crippen LogP contribution in [0.15, 0.2) is 0 Å². The summed E-state index contributed by atoms with van der Waals surface area (Å²) < 4.78 is 0. The summed E-state index contributed by atoms with van der Waals surface area (Å²) in [7, 11) is 0. The lowest BCUT2D eigenvalue weighted by Crippen LogP contribution is -2.38. The van der Waals surface area contributed by atoms with Crippen LogP contribution >= 0.6 is 0 Å². The number of carbonyl (C=O) groups is 2. The van der Waals surface area contributed by atoms with Crippen molar-refractivity contribution in [2.45, 2.75) is 40.2 Å². The Kier molecular flexibility index (Phi) is 2.92. The molecule has 98 valence electrons. The van der Waals surface area contributed by atoms with Crippen LogP contribution in [0.1, 0.15) is 46.0 Å². The first-order valence-electron chi connectivity index (χ1n) is 5.97. The molecular formula is C11H17N5O2. The number of aromatic amines is 1. The number of imide groups is 1. The molecule has 1 fully saturated rings. The van der Waals surface area contributed by atoms with Gasteiger partial charge in [-0.25, -0.2) is 0 Å². The summed E-state index contributed by atoms with van der Waals surface area (Å²) in [5.74, 6) is 0.134. The van der Waals surface area contributed by atoms with Crippen LogP contribution < -0.4 is 0 Å². The molecule has 1 aromatic heterocycles. The van der Waals surface area contributed by atoms with E-state index in [2.05, 4.69) is 20.6 Å². The van der Waals surface area contributed by atoms with Gasteiger partial charge in [-0.15, -0.1) is 10.2 Å². The van der Waals surface area contributed by atoms with Crippen LogP contribution in [0.5, 0.6) is 0 Å². The Bertz CT molecular complexity index is 470. The van der Waals surface area contributed by atoms with E-state index in [0.29, 0.717) is 5.82 Å². The van der Waals surface area contributed by atoms with E-state index in [9.17, 15) is 9.59 Å². The molecule has 0 spiro atoms. The van der Waals surface area contributed by atoms with Gasteiger partial charge in [0.2, 0.25) is 11.8 Å². The smallest absolute Gasteiger partial charge is 0.236 e. The minimum Gasteiger partial charge on any atom is -0.274 e. The molecule has 0 radical (unpaired) electrons. The fraction of sp³-hybridized carbons (Fsp3) is 0.727. The van der Waals surface area contributed by atoms with Gasteiger partial charge in [0.05, 0.1) is 5.41 Å². The lowest BCUT2D eigenvalue weighted by Gasteiger charge is -2.27. The number of carbonyl (C=O) groups excluding carboxylic acids is 2. The molecular weight excluding hydrogens is 234 g/mol. The van der Waals surface area contributed by atoms with E-state index in [4.69, 9.17) is 0 Å². The van der Waals surface area contributed by atoms with Crippen molar-refractivity contribution in [1.82, 2.24) is 25.5 Å². The maximum absolute atomic E-state index is 12.4. The Balaban J connectivity index is 2.30. The van der Waals surface area contributed by atoms with Gasteiger partial charge in [0.15, 0.2) is 5.82 Å². The first-order valence-corrected chi connectivity index (χ1v) is 5.97. The zero-order valence-corrected chi connectivity index (χ0v) is 11.0. The normalized spacial score (nSPS) is 26.2. The Morgan fingerprint density at radius 2 is 2.00 bits per heavy atom. The van der Waals surface area contributed by atoms with Crippen molar-refractivity contribution in [1.29, 1.82) is 0 Å². The molecule has 1 aromatic rings. The van der Waals surface area contributed by atoms with Crippen molar-refractivity contribution >= 4 is 11.8 Å². The van der Waals surface area contributed by atoms with E-state index in [1.807, 2.05) is 20.8 Å². The first-order chi connectivity index (χ1) is 8.38. The molecule has 0 bridgehead atoms. The predicted octanol–water partition coefficient (Wildman–Crippen LogP) is 0.682. The third kappa shape index (κ3) is 1.70. The Labute approximate surface area is 105 Å². The number of amides is 2. The topological polar surface area (TPSA) is 91.8 Å². The van der Waals surface area contributed by atoms with Gasteiger partial charge in [0.1, 0.15) is 6.04 Å². The summed E-state index contributed by atoms with van der Waals surface area (Å²) in [5.41, 5.74) is -0.630. The maximum Gasteiger partial charge on any atom is 0.236 e. The van der Waals surface area contributed by atoms with Crippen LogP contribution in [-0.2, 0) is 9.59 Å². The van der Waals surface area contributed by atoms with Crippen LogP contribution in [0.4, 0.5) is 0 Å². The van der Waals surface area contributed by atoms with E-state index < -0.39 is 11.5 Å². The second-order valence-electron chi connectivity index (χ2n) is 5.26. The number of hydrogen-bond acceptors (Lipinski definition) is 5. The number of likely N-dealkylation sites (tertiary alicyclic amines) is 1. The largest absolute Gasteiger partial charge is 0.274 e. The number of H-pyrrole nitrogens is 1. The molecule has 2 rings (SSSR count). The molecule has 0 aliphatic carbocycles. The molecule has 2 atom stereocenters. The van der Waals surface area contributed by atoms with E-state index in [1.165, 1.54) is 4.90 Å². The maximum atomic E-state index is 12.4. The lowest BCUT2D eigenvalue weighted by molar-refractivity contribution is -0.144. The fourth-order valence-corrected chi connectivity index (χ4v) is 2.17. The average molecular weight is 251 g/mol. The molecule has 0 aromatic carbocycles. The van der Waals surface area contributed by atoms with E-state index >= 15 is 0 Å². The number of hydrogen-bond donors (Lipinski definition) is 1. The minimum atomic E-state index is -0.630. The Morgan fingerprint density at radius 1 is 1.33 bits per heavy atom. The molecule has 18 heavy (non-hydrogen) atoms. The molecule has 1 N–H and O–H groups in total. The van der Waals surface area contributed by atoms with Gasteiger partial charge in [0.25, 0.3) is 0 Å². The van der Waals surface area contributed by atoms with Crippen molar-refractivity contribution in [3.05, 3.63) is 5.82 Å². The number of nitrogens with one attached hydrogen (secondary N) is 1. The Hall–Kier alpha value is -1.79. The molecule has 2 amide bonds.